The van der Waals surface area contributed by atoms with Crippen LogP contribution in [0.15, 0.2) is 65.5 Å². The minimum atomic E-state index is -0.976. The minimum absolute atomic E-state index is 0.106. The van der Waals surface area contributed by atoms with Crippen molar-refractivity contribution in [1.29, 1.82) is 0 Å². The summed E-state index contributed by atoms with van der Waals surface area (Å²) < 4.78 is 12.7. The summed E-state index contributed by atoms with van der Waals surface area (Å²) in [7, 11) is 0. The maximum absolute atomic E-state index is 12.7. The van der Waals surface area contributed by atoms with Crippen LogP contribution in [-0.4, -0.2) is 52.0 Å². The van der Waals surface area contributed by atoms with E-state index < -0.39 is 12.1 Å². The fourth-order valence-electron chi connectivity index (χ4n) is 6.30. The van der Waals surface area contributed by atoms with Crippen LogP contribution in [0.4, 0.5) is 0 Å². The summed E-state index contributed by atoms with van der Waals surface area (Å²) in [6, 6.07) is 20.2. The molecule has 0 spiro atoms. The number of hydrogen-bond donors (Lipinski definition) is 2. The summed E-state index contributed by atoms with van der Waals surface area (Å²) in [4.78, 5) is 28.6. The molecule has 1 unspecified atom stereocenters. The van der Waals surface area contributed by atoms with Crippen LogP contribution in [-0.2, 0) is 28.9 Å². The Morgan fingerprint density at radius 2 is 1.56 bits per heavy atom. The van der Waals surface area contributed by atoms with Crippen LogP contribution in [0.2, 0.25) is 0 Å². The number of carbonyl (C=O) groups is 1. The van der Waals surface area contributed by atoms with Crippen LogP contribution in [0.25, 0.3) is 11.3 Å². The van der Waals surface area contributed by atoms with E-state index in [9.17, 15) is 14.7 Å². The van der Waals surface area contributed by atoms with Gasteiger partial charge < -0.3 is 19.9 Å². The fraction of sp³-hybridized carbons (Fsp3) is 0.541. The van der Waals surface area contributed by atoms with Gasteiger partial charge in [0.25, 0.3) is 5.56 Å². The molecular formula is C37H51N3O5. The Balaban J connectivity index is 0.000000293. The highest BCUT2D eigenvalue weighted by Crippen LogP contribution is 2.23. The van der Waals surface area contributed by atoms with Crippen molar-refractivity contribution in [3.8, 4) is 17.0 Å². The minimum Gasteiger partial charge on any atom is -0.492 e. The lowest BCUT2D eigenvalue weighted by molar-refractivity contribution is -0.149. The summed E-state index contributed by atoms with van der Waals surface area (Å²) in [5.41, 5.74) is 2.33. The molecule has 2 aliphatic rings. The molecule has 0 radical (unpaired) electrons. The molecular weight excluding hydrogens is 566 g/mol. The molecule has 2 aromatic carbocycles. The largest absolute Gasteiger partial charge is 0.492 e. The van der Waals surface area contributed by atoms with Crippen molar-refractivity contribution >= 4 is 5.97 Å². The van der Waals surface area contributed by atoms with Gasteiger partial charge >= 0.3 is 5.97 Å². The molecule has 0 saturated heterocycles. The fourth-order valence-corrected chi connectivity index (χ4v) is 6.30. The number of carboxylic acids is 1. The highest BCUT2D eigenvalue weighted by molar-refractivity contribution is 5.72. The van der Waals surface area contributed by atoms with E-state index in [0.717, 1.165) is 23.2 Å². The van der Waals surface area contributed by atoms with Crippen LogP contribution in [0.5, 0.6) is 5.75 Å². The number of ether oxygens (including phenoxy) is 2. The maximum Gasteiger partial charge on any atom is 0.333 e. The summed E-state index contributed by atoms with van der Waals surface area (Å²) in [5, 5.41) is 13.1. The molecule has 0 aliphatic heterocycles. The van der Waals surface area contributed by atoms with Gasteiger partial charge in [0.05, 0.1) is 12.2 Å². The van der Waals surface area contributed by atoms with E-state index in [1.54, 1.807) is 29.7 Å². The Labute approximate surface area is 268 Å². The Bertz CT molecular complexity index is 1330. The van der Waals surface area contributed by atoms with Crippen molar-refractivity contribution in [2.75, 3.05) is 13.2 Å². The molecule has 1 aromatic heterocycles. The first kappa shape index (κ1) is 34.4. The van der Waals surface area contributed by atoms with E-state index in [0.29, 0.717) is 43.4 Å². The molecule has 0 bridgehead atoms. The van der Waals surface area contributed by atoms with Gasteiger partial charge in [-0.05, 0) is 50.3 Å². The molecule has 2 saturated carbocycles. The van der Waals surface area contributed by atoms with E-state index in [4.69, 9.17) is 9.47 Å². The first-order chi connectivity index (χ1) is 22.0. The number of aromatic nitrogens is 2. The molecule has 1 heterocycles. The number of benzene rings is 2. The van der Waals surface area contributed by atoms with E-state index in [2.05, 4.69) is 10.3 Å². The van der Waals surface area contributed by atoms with Gasteiger partial charge in [0.2, 0.25) is 0 Å². The average molecular weight is 618 g/mol. The first-order valence-electron chi connectivity index (χ1n) is 16.9. The van der Waals surface area contributed by atoms with Gasteiger partial charge in [-0.2, -0.15) is 0 Å². The second kappa shape index (κ2) is 18.5. The Hall–Kier alpha value is -3.49. The molecule has 2 N–H and O–H groups in total. The highest BCUT2D eigenvalue weighted by atomic mass is 16.5. The molecule has 3 aromatic rings. The SMILES string of the molecule is C1CCC(NC2CCCCC2)CC1.CCOC(Cc1ccc(OCCn2c(CC)nc(-c3ccccc3)cc2=O)cc1)C(=O)O. The summed E-state index contributed by atoms with van der Waals surface area (Å²) in [6.45, 7) is 4.79. The first-order valence-corrected chi connectivity index (χ1v) is 16.9. The molecule has 2 aliphatic carbocycles. The Kier molecular flexibility index (Phi) is 14.1. The second-order valence-corrected chi connectivity index (χ2v) is 12.1. The lowest BCUT2D eigenvalue weighted by Gasteiger charge is -2.30. The van der Waals surface area contributed by atoms with Gasteiger partial charge in [0, 0.05) is 43.2 Å². The zero-order chi connectivity index (χ0) is 31.9. The normalized spacial score (nSPS) is 16.4. The lowest BCUT2D eigenvalue weighted by atomic mass is 9.91. The smallest absolute Gasteiger partial charge is 0.333 e. The third-order valence-corrected chi connectivity index (χ3v) is 8.73. The number of aryl methyl sites for hydroxylation is 1. The summed E-state index contributed by atoms with van der Waals surface area (Å²) in [5.74, 6) is 0.388. The van der Waals surface area contributed by atoms with Crippen molar-refractivity contribution in [2.45, 2.75) is 116 Å². The zero-order valence-electron chi connectivity index (χ0n) is 27.1. The molecule has 2 fully saturated rings. The summed E-state index contributed by atoms with van der Waals surface area (Å²) >= 11 is 0. The summed E-state index contributed by atoms with van der Waals surface area (Å²) in [6.07, 6.45) is 14.6. The monoisotopic (exact) mass is 617 g/mol. The maximum atomic E-state index is 12.7. The van der Waals surface area contributed by atoms with Gasteiger partial charge in [-0.15, -0.1) is 0 Å². The van der Waals surface area contributed by atoms with Crippen LogP contribution in [0, 0.1) is 0 Å². The van der Waals surface area contributed by atoms with Gasteiger partial charge in [-0.3, -0.25) is 9.36 Å². The van der Waals surface area contributed by atoms with Crippen molar-refractivity contribution in [1.82, 2.24) is 14.9 Å². The third-order valence-electron chi connectivity index (χ3n) is 8.73. The highest BCUT2D eigenvalue weighted by Gasteiger charge is 2.20. The van der Waals surface area contributed by atoms with Crippen LogP contribution in [0.1, 0.15) is 89.4 Å². The lowest BCUT2D eigenvalue weighted by Crippen LogP contribution is -2.40. The van der Waals surface area contributed by atoms with Crippen LogP contribution in [0.3, 0.4) is 0 Å². The Morgan fingerprint density at radius 3 is 2.11 bits per heavy atom. The number of aliphatic carboxylic acids is 1. The van der Waals surface area contributed by atoms with Gasteiger partial charge in [0.15, 0.2) is 6.10 Å². The van der Waals surface area contributed by atoms with Crippen LogP contribution >= 0.6 is 0 Å². The Morgan fingerprint density at radius 1 is 0.933 bits per heavy atom. The van der Waals surface area contributed by atoms with Gasteiger partial charge in [-0.1, -0.05) is 87.9 Å². The standard InChI is InChI=1S/C25H28N2O5.C12H23N/c1-3-23-26-21(19-8-6-5-7-9-19)17-24(28)27(23)14-15-32-20-12-10-18(11-13-20)16-22(25(29)30)31-4-2;1-3-7-11(8-4-1)13-12-9-5-2-6-10-12/h5-13,17,22H,3-4,14-16H2,1-2H3,(H,29,30);11-13H,1-10H2. The predicted octanol–water partition coefficient (Wildman–Crippen LogP) is 6.83. The van der Waals surface area contributed by atoms with Gasteiger partial charge in [-0.25, -0.2) is 9.78 Å². The molecule has 5 rings (SSSR count). The molecule has 244 valence electrons. The van der Waals surface area contributed by atoms with E-state index in [1.807, 2.05) is 49.4 Å². The molecule has 8 heteroatoms. The predicted molar refractivity (Wildman–Crippen MR) is 179 cm³/mol. The number of nitrogens with one attached hydrogen (secondary N) is 1. The average Bonchev–Trinajstić information content (AvgIpc) is 3.07. The van der Waals surface area contributed by atoms with E-state index >= 15 is 0 Å². The van der Waals surface area contributed by atoms with Gasteiger partial charge in [0.1, 0.15) is 18.2 Å². The number of hydrogen-bond acceptors (Lipinski definition) is 6. The van der Waals surface area contributed by atoms with Crippen molar-refractivity contribution in [3.63, 3.8) is 0 Å². The molecule has 8 nitrogen and oxygen atoms in total. The topological polar surface area (TPSA) is 103 Å². The number of carboxylic acid groups (broad SMARTS) is 1. The quantitative estimate of drug-likeness (QED) is 0.217. The number of rotatable bonds is 13. The molecule has 0 amide bonds. The molecule has 45 heavy (non-hydrogen) atoms. The second-order valence-electron chi connectivity index (χ2n) is 12.1. The number of nitrogens with zero attached hydrogens (tertiary/aromatic N) is 2. The van der Waals surface area contributed by atoms with Crippen LogP contribution < -0.4 is 15.6 Å². The van der Waals surface area contributed by atoms with E-state index in [-0.39, 0.29) is 12.0 Å². The van der Waals surface area contributed by atoms with Crippen molar-refractivity contribution in [3.05, 3.63) is 82.4 Å². The van der Waals surface area contributed by atoms with Crippen molar-refractivity contribution < 1.29 is 19.4 Å². The van der Waals surface area contributed by atoms with Crippen molar-refractivity contribution in [2.24, 2.45) is 0 Å². The zero-order valence-corrected chi connectivity index (χ0v) is 27.1. The van der Waals surface area contributed by atoms with E-state index in [1.165, 1.54) is 64.2 Å². The third kappa shape index (κ3) is 11.1. The molecule has 1 atom stereocenters.